The van der Waals surface area contributed by atoms with Crippen molar-refractivity contribution in [3.63, 3.8) is 0 Å². The molecule has 0 N–H and O–H groups in total. The number of aromatic nitrogens is 1. The van der Waals surface area contributed by atoms with Gasteiger partial charge in [-0.1, -0.05) is 141 Å². The van der Waals surface area contributed by atoms with Crippen LogP contribution < -0.4 is 4.90 Å². The van der Waals surface area contributed by atoms with Crippen LogP contribution in [0.3, 0.4) is 0 Å². The zero-order chi connectivity index (χ0) is 33.3. The van der Waals surface area contributed by atoms with Crippen LogP contribution in [0.4, 0.5) is 17.1 Å². The first-order chi connectivity index (χ1) is 24.8. The van der Waals surface area contributed by atoms with E-state index >= 15 is 0 Å². The molecule has 2 heteroatoms. The van der Waals surface area contributed by atoms with E-state index in [2.05, 4.69) is 191 Å². The van der Waals surface area contributed by atoms with E-state index in [1.54, 1.807) is 0 Å². The Hall–Kier alpha value is -5.86. The highest BCUT2D eigenvalue weighted by Crippen LogP contribution is 2.46. The maximum absolute atomic E-state index is 2.42. The fraction of sp³-hybridized carbons (Fsp3) is 0.125. The Morgan fingerprint density at radius 1 is 0.400 bits per heavy atom. The normalized spacial score (nSPS) is 14.2. The fourth-order valence-corrected chi connectivity index (χ4v) is 8.42. The number of hydrogen-bond acceptors (Lipinski definition) is 1. The van der Waals surface area contributed by atoms with Crippen LogP contribution in [0, 0.1) is 0 Å². The van der Waals surface area contributed by atoms with Gasteiger partial charge < -0.3 is 9.47 Å². The van der Waals surface area contributed by atoms with Crippen LogP contribution in [-0.4, -0.2) is 4.57 Å². The van der Waals surface area contributed by atoms with E-state index in [9.17, 15) is 0 Å². The molecule has 1 aliphatic carbocycles. The molecule has 0 amide bonds. The Balaban J connectivity index is 1.19. The molecule has 242 valence electrons. The lowest BCUT2D eigenvalue weighted by Crippen LogP contribution is -2.30. The second-order valence-electron chi connectivity index (χ2n) is 13.7. The number of fused-ring (bicyclic) bond motifs is 3. The summed E-state index contributed by atoms with van der Waals surface area (Å²) in [5, 5.41) is 2.50. The van der Waals surface area contributed by atoms with Crippen molar-refractivity contribution < 1.29 is 0 Å². The van der Waals surface area contributed by atoms with Gasteiger partial charge in [0.15, 0.2) is 0 Å². The van der Waals surface area contributed by atoms with E-state index in [-0.39, 0.29) is 5.41 Å². The maximum atomic E-state index is 2.42. The molecular formula is C48H40N2. The second-order valence-corrected chi connectivity index (χ2v) is 13.7. The van der Waals surface area contributed by atoms with Gasteiger partial charge in [0.05, 0.1) is 11.0 Å². The minimum atomic E-state index is 0.0678. The lowest BCUT2D eigenvalue weighted by Gasteiger charge is -2.39. The standard InChI is InChI=1S/C48H40N2/c1-5-15-36(16-6-1)37-23-27-41(28-24-37)49(42-29-25-39(26-30-42)48(33-13-4-14-34-48)38-17-7-2-8-18-38)43-31-32-47-45(35-43)44-21-11-12-22-46(44)50(47)40-19-9-3-10-20-40/h1-3,5-12,15-32,35H,4,13-14,33-34H2. The third-order valence-electron chi connectivity index (χ3n) is 10.9. The molecule has 0 spiro atoms. The van der Waals surface area contributed by atoms with Crippen LogP contribution in [0.25, 0.3) is 38.6 Å². The Morgan fingerprint density at radius 2 is 0.920 bits per heavy atom. The molecule has 0 bridgehead atoms. The molecule has 0 atom stereocenters. The minimum Gasteiger partial charge on any atom is -0.310 e. The number of rotatable bonds is 7. The van der Waals surface area contributed by atoms with E-state index in [1.807, 2.05) is 0 Å². The van der Waals surface area contributed by atoms with Gasteiger partial charge in [0.2, 0.25) is 0 Å². The molecule has 50 heavy (non-hydrogen) atoms. The number of nitrogens with zero attached hydrogens (tertiary/aromatic N) is 2. The van der Waals surface area contributed by atoms with Crippen LogP contribution in [0.15, 0.2) is 182 Å². The molecule has 8 aromatic rings. The van der Waals surface area contributed by atoms with Gasteiger partial charge in [0, 0.05) is 38.9 Å². The van der Waals surface area contributed by atoms with Crippen molar-refractivity contribution in [1.82, 2.24) is 4.57 Å². The van der Waals surface area contributed by atoms with Gasteiger partial charge in [-0.15, -0.1) is 0 Å². The lowest BCUT2D eigenvalue weighted by molar-refractivity contribution is 0.346. The van der Waals surface area contributed by atoms with Crippen molar-refractivity contribution in [2.45, 2.75) is 37.5 Å². The van der Waals surface area contributed by atoms with E-state index in [0.29, 0.717) is 0 Å². The summed E-state index contributed by atoms with van der Waals surface area (Å²) in [5.74, 6) is 0. The first-order valence-electron chi connectivity index (χ1n) is 18.0. The van der Waals surface area contributed by atoms with E-state index in [4.69, 9.17) is 0 Å². The smallest absolute Gasteiger partial charge is 0.0542 e. The summed E-state index contributed by atoms with van der Waals surface area (Å²) >= 11 is 0. The summed E-state index contributed by atoms with van der Waals surface area (Å²) in [4.78, 5) is 2.42. The summed E-state index contributed by atoms with van der Waals surface area (Å²) in [6.07, 6.45) is 6.26. The first-order valence-corrected chi connectivity index (χ1v) is 18.0. The zero-order valence-electron chi connectivity index (χ0n) is 28.3. The van der Waals surface area contributed by atoms with Crippen LogP contribution in [0.1, 0.15) is 43.2 Å². The summed E-state index contributed by atoms with van der Waals surface area (Å²) < 4.78 is 2.38. The Labute approximate surface area is 294 Å². The lowest BCUT2D eigenvalue weighted by atomic mass is 9.65. The molecule has 1 saturated carbocycles. The Morgan fingerprint density at radius 3 is 1.62 bits per heavy atom. The SMILES string of the molecule is c1ccc(-c2ccc(N(c3ccc(C4(c5ccccc5)CCCCC4)cc3)c3ccc4c(c3)c3ccccc3n4-c3ccccc3)cc2)cc1. The van der Waals surface area contributed by atoms with Gasteiger partial charge in [-0.3, -0.25) is 0 Å². The van der Waals surface area contributed by atoms with Crippen molar-refractivity contribution in [3.8, 4) is 16.8 Å². The highest BCUT2D eigenvalue weighted by Gasteiger charge is 2.35. The highest BCUT2D eigenvalue weighted by atomic mass is 15.1. The number of anilines is 3. The average Bonchev–Trinajstić information content (AvgIpc) is 3.53. The molecule has 9 rings (SSSR count). The third-order valence-corrected chi connectivity index (χ3v) is 10.9. The first kappa shape index (κ1) is 30.2. The predicted octanol–water partition coefficient (Wildman–Crippen LogP) is 13.2. The van der Waals surface area contributed by atoms with Crippen LogP contribution in [0.5, 0.6) is 0 Å². The molecule has 2 nitrogen and oxygen atoms in total. The largest absolute Gasteiger partial charge is 0.310 e. The predicted molar refractivity (Wildman–Crippen MR) is 211 cm³/mol. The third kappa shape index (κ3) is 5.29. The molecule has 1 heterocycles. The minimum absolute atomic E-state index is 0.0678. The quantitative estimate of drug-likeness (QED) is 0.168. The number of hydrogen-bond donors (Lipinski definition) is 0. The molecule has 0 aliphatic heterocycles. The fourth-order valence-electron chi connectivity index (χ4n) is 8.42. The van der Waals surface area contributed by atoms with Crippen molar-refractivity contribution in [2.75, 3.05) is 4.90 Å². The maximum Gasteiger partial charge on any atom is 0.0542 e. The van der Waals surface area contributed by atoms with Gasteiger partial charge in [0.25, 0.3) is 0 Å². The van der Waals surface area contributed by atoms with Gasteiger partial charge in [-0.25, -0.2) is 0 Å². The van der Waals surface area contributed by atoms with Crippen LogP contribution in [-0.2, 0) is 5.41 Å². The second kappa shape index (κ2) is 12.9. The van der Waals surface area contributed by atoms with Gasteiger partial charge in [-0.2, -0.15) is 0 Å². The summed E-state index contributed by atoms with van der Waals surface area (Å²) in [6, 6.07) is 66.8. The van der Waals surface area contributed by atoms with Gasteiger partial charge >= 0.3 is 0 Å². The van der Waals surface area contributed by atoms with Gasteiger partial charge in [0.1, 0.15) is 0 Å². The highest BCUT2D eigenvalue weighted by molar-refractivity contribution is 6.10. The molecule has 0 unspecified atom stereocenters. The Kier molecular flexibility index (Phi) is 7.78. The number of benzene rings is 7. The van der Waals surface area contributed by atoms with E-state index in [1.165, 1.54) is 81.9 Å². The summed E-state index contributed by atoms with van der Waals surface area (Å²) in [7, 11) is 0. The topological polar surface area (TPSA) is 8.17 Å². The van der Waals surface area contributed by atoms with Crippen molar-refractivity contribution in [3.05, 3.63) is 193 Å². The molecular weight excluding hydrogens is 605 g/mol. The molecule has 1 fully saturated rings. The zero-order valence-corrected chi connectivity index (χ0v) is 28.3. The number of para-hydroxylation sites is 2. The molecule has 0 saturated heterocycles. The summed E-state index contributed by atoms with van der Waals surface area (Å²) in [5.41, 5.74) is 12.4. The van der Waals surface area contributed by atoms with Crippen molar-refractivity contribution in [2.24, 2.45) is 0 Å². The van der Waals surface area contributed by atoms with Gasteiger partial charge in [-0.05, 0) is 95.8 Å². The van der Waals surface area contributed by atoms with Crippen molar-refractivity contribution in [1.29, 1.82) is 0 Å². The van der Waals surface area contributed by atoms with Crippen LogP contribution >= 0.6 is 0 Å². The molecule has 0 radical (unpaired) electrons. The van der Waals surface area contributed by atoms with Crippen molar-refractivity contribution >= 4 is 38.9 Å². The monoisotopic (exact) mass is 644 g/mol. The Bertz CT molecular complexity index is 2370. The average molecular weight is 645 g/mol. The van der Waals surface area contributed by atoms with E-state index in [0.717, 1.165) is 17.1 Å². The van der Waals surface area contributed by atoms with E-state index < -0.39 is 0 Å². The van der Waals surface area contributed by atoms with Crippen LogP contribution in [0.2, 0.25) is 0 Å². The summed E-state index contributed by atoms with van der Waals surface area (Å²) in [6.45, 7) is 0. The molecule has 7 aromatic carbocycles. The molecule has 1 aromatic heterocycles. The molecule has 1 aliphatic rings.